The molecule has 7 heteroatoms. The summed E-state index contributed by atoms with van der Waals surface area (Å²) in [6.45, 7) is 0.472. The minimum Gasteiger partial charge on any atom is -0.351 e. The largest absolute Gasteiger partial charge is 0.351 e. The van der Waals surface area contributed by atoms with Crippen molar-refractivity contribution in [2.24, 2.45) is 0 Å². The number of amides is 1. The Morgan fingerprint density at radius 1 is 1.58 bits per heavy atom. The Kier molecular flexibility index (Phi) is 6.19. The lowest BCUT2D eigenvalue weighted by molar-refractivity contribution is -0.384. The molecule has 0 fully saturated rings. The molecule has 1 aromatic carbocycles. The Bertz CT molecular complexity index is 528. The Morgan fingerprint density at radius 3 is 2.89 bits per heavy atom. The molecule has 1 N–H and O–H groups in total. The molecular weight excluding hydrogens is 288 g/mol. The molecule has 0 radical (unpaired) electrons. The van der Waals surface area contributed by atoms with E-state index in [-0.39, 0.29) is 22.2 Å². The molecule has 1 rings (SSSR count). The first-order chi connectivity index (χ1) is 9.06. The van der Waals surface area contributed by atoms with Crippen molar-refractivity contribution in [3.8, 4) is 12.3 Å². The number of nitro benzene ring substituents is 1. The van der Waals surface area contributed by atoms with Gasteiger partial charge in [0, 0.05) is 23.9 Å². The maximum atomic E-state index is 11.7. The molecule has 0 aromatic heterocycles. The van der Waals surface area contributed by atoms with Crippen LogP contribution in [0, 0.1) is 22.5 Å². The van der Waals surface area contributed by atoms with Crippen molar-refractivity contribution in [1.82, 2.24) is 5.32 Å². The van der Waals surface area contributed by atoms with Crippen molar-refractivity contribution in [2.45, 2.75) is 0 Å². The SMILES string of the molecule is C#CCSCCNC(=O)c1ccc([N+](=O)[O-])c(Cl)c1. The summed E-state index contributed by atoms with van der Waals surface area (Å²) in [5.41, 5.74) is 0.0698. The van der Waals surface area contributed by atoms with Crippen LogP contribution in [0.25, 0.3) is 0 Å². The van der Waals surface area contributed by atoms with Gasteiger partial charge < -0.3 is 5.32 Å². The Hall–Kier alpha value is -1.71. The second-order valence-electron chi connectivity index (χ2n) is 3.44. The third-order valence-corrected chi connectivity index (χ3v) is 3.29. The number of hydrogen-bond donors (Lipinski definition) is 1. The van der Waals surface area contributed by atoms with Crippen LogP contribution >= 0.6 is 23.4 Å². The minimum atomic E-state index is -0.597. The molecule has 0 heterocycles. The number of carbonyl (C=O) groups excluding carboxylic acids is 1. The molecule has 0 aliphatic heterocycles. The summed E-state index contributed by atoms with van der Waals surface area (Å²) >= 11 is 7.26. The molecular formula is C12H11ClN2O3S. The first-order valence-electron chi connectivity index (χ1n) is 5.29. The fraction of sp³-hybridized carbons (Fsp3) is 0.250. The third-order valence-electron chi connectivity index (χ3n) is 2.12. The lowest BCUT2D eigenvalue weighted by atomic mass is 10.2. The van der Waals surface area contributed by atoms with Gasteiger partial charge in [-0.3, -0.25) is 14.9 Å². The summed E-state index contributed by atoms with van der Waals surface area (Å²) in [5, 5.41) is 13.2. The standard InChI is InChI=1S/C12H11ClN2O3S/c1-2-6-19-7-5-14-12(16)9-3-4-11(15(17)18)10(13)8-9/h1,3-4,8H,5-7H2,(H,14,16). The number of nitro groups is 1. The van der Waals surface area contributed by atoms with Crippen molar-refractivity contribution < 1.29 is 9.72 Å². The number of nitrogens with zero attached hydrogens (tertiary/aromatic N) is 1. The zero-order valence-corrected chi connectivity index (χ0v) is 11.5. The normalized spacial score (nSPS) is 9.68. The minimum absolute atomic E-state index is 0.0562. The highest BCUT2D eigenvalue weighted by Crippen LogP contribution is 2.24. The number of hydrogen-bond acceptors (Lipinski definition) is 4. The van der Waals surface area contributed by atoms with E-state index >= 15 is 0 Å². The van der Waals surface area contributed by atoms with Crippen molar-refractivity contribution in [2.75, 3.05) is 18.1 Å². The molecule has 0 spiro atoms. The number of terminal acetylenes is 1. The van der Waals surface area contributed by atoms with E-state index in [0.717, 1.165) is 0 Å². The van der Waals surface area contributed by atoms with Crippen molar-refractivity contribution in [3.05, 3.63) is 38.9 Å². The summed E-state index contributed by atoms with van der Waals surface area (Å²) < 4.78 is 0. The van der Waals surface area contributed by atoms with Gasteiger partial charge in [-0.1, -0.05) is 17.5 Å². The van der Waals surface area contributed by atoms with Gasteiger partial charge in [-0.2, -0.15) is 0 Å². The van der Waals surface area contributed by atoms with Crippen LogP contribution in [0.2, 0.25) is 5.02 Å². The van der Waals surface area contributed by atoms with Gasteiger partial charge in [0.2, 0.25) is 0 Å². The third kappa shape index (κ3) is 4.81. The Labute approximate surface area is 119 Å². The van der Waals surface area contributed by atoms with Crippen LogP contribution in [0.3, 0.4) is 0 Å². The van der Waals surface area contributed by atoms with Gasteiger partial charge in [-0.05, 0) is 12.1 Å². The predicted molar refractivity (Wildman–Crippen MR) is 76.6 cm³/mol. The van der Waals surface area contributed by atoms with Crippen LogP contribution in [-0.4, -0.2) is 28.9 Å². The number of thioether (sulfide) groups is 1. The fourth-order valence-electron chi connectivity index (χ4n) is 1.27. The van der Waals surface area contributed by atoms with Crippen LogP contribution in [0.1, 0.15) is 10.4 Å². The molecule has 100 valence electrons. The summed E-state index contributed by atoms with van der Waals surface area (Å²) in [5.74, 6) is 3.46. The average molecular weight is 299 g/mol. The number of carbonyl (C=O) groups is 1. The lowest BCUT2D eigenvalue weighted by Gasteiger charge is -2.05. The summed E-state index contributed by atoms with van der Waals surface area (Å²) in [7, 11) is 0. The van der Waals surface area contributed by atoms with Crippen molar-refractivity contribution >= 4 is 35.0 Å². The zero-order valence-electron chi connectivity index (χ0n) is 9.89. The monoisotopic (exact) mass is 298 g/mol. The van der Waals surface area contributed by atoms with E-state index in [1.165, 1.54) is 30.0 Å². The van der Waals surface area contributed by atoms with Crippen molar-refractivity contribution in [3.63, 3.8) is 0 Å². The molecule has 1 amide bonds. The number of nitrogens with one attached hydrogen (secondary N) is 1. The van der Waals surface area contributed by atoms with Gasteiger partial charge in [-0.15, -0.1) is 18.2 Å². The molecule has 0 aliphatic carbocycles. The van der Waals surface area contributed by atoms with E-state index in [0.29, 0.717) is 18.1 Å². The number of rotatable bonds is 6. The molecule has 19 heavy (non-hydrogen) atoms. The van der Waals surface area contributed by atoms with E-state index in [4.69, 9.17) is 18.0 Å². The molecule has 1 aromatic rings. The molecule has 5 nitrogen and oxygen atoms in total. The van der Waals surface area contributed by atoms with Gasteiger partial charge in [0.1, 0.15) is 5.02 Å². The van der Waals surface area contributed by atoms with Crippen LogP contribution in [-0.2, 0) is 0 Å². The fourth-order valence-corrected chi connectivity index (χ4v) is 2.02. The second kappa shape index (κ2) is 7.67. The first kappa shape index (κ1) is 15.3. The highest BCUT2D eigenvalue weighted by atomic mass is 35.5. The predicted octanol–water partition coefficient (Wildman–Crippen LogP) is 2.34. The topological polar surface area (TPSA) is 72.2 Å². The quantitative estimate of drug-likeness (QED) is 0.379. The zero-order chi connectivity index (χ0) is 14.3. The van der Waals surface area contributed by atoms with Crippen LogP contribution in [0.15, 0.2) is 18.2 Å². The maximum absolute atomic E-state index is 11.7. The smallest absolute Gasteiger partial charge is 0.287 e. The number of benzene rings is 1. The van der Waals surface area contributed by atoms with E-state index < -0.39 is 4.92 Å². The summed E-state index contributed by atoms with van der Waals surface area (Å²) in [6, 6.07) is 3.86. The molecule has 0 saturated carbocycles. The molecule has 0 bridgehead atoms. The van der Waals surface area contributed by atoms with Crippen LogP contribution < -0.4 is 5.32 Å². The molecule has 0 atom stereocenters. The average Bonchev–Trinajstić information content (AvgIpc) is 2.37. The highest BCUT2D eigenvalue weighted by Gasteiger charge is 2.14. The van der Waals surface area contributed by atoms with Gasteiger partial charge in [0.15, 0.2) is 0 Å². The molecule has 0 saturated heterocycles. The van der Waals surface area contributed by atoms with Crippen LogP contribution in [0.4, 0.5) is 5.69 Å². The van der Waals surface area contributed by atoms with Gasteiger partial charge in [-0.25, -0.2) is 0 Å². The van der Waals surface area contributed by atoms with Crippen LogP contribution in [0.5, 0.6) is 0 Å². The van der Waals surface area contributed by atoms with Crippen molar-refractivity contribution in [1.29, 1.82) is 0 Å². The van der Waals surface area contributed by atoms with E-state index in [1.807, 2.05) is 0 Å². The summed E-state index contributed by atoms with van der Waals surface area (Å²) in [4.78, 5) is 21.7. The number of halogens is 1. The summed E-state index contributed by atoms with van der Waals surface area (Å²) in [6.07, 6.45) is 5.09. The van der Waals surface area contributed by atoms with Gasteiger partial charge in [0.05, 0.1) is 10.7 Å². The Balaban J connectivity index is 2.56. The lowest BCUT2D eigenvalue weighted by Crippen LogP contribution is -2.25. The maximum Gasteiger partial charge on any atom is 0.287 e. The molecule has 0 unspecified atom stereocenters. The van der Waals surface area contributed by atoms with Gasteiger partial charge in [0.25, 0.3) is 11.6 Å². The first-order valence-corrected chi connectivity index (χ1v) is 6.83. The Morgan fingerprint density at radius 2 is 2.32 bits per heavy atom. The van der Waals surface area contributed by atoms with E-state index in [9.17, 15) is 14.9 Å². The molecule has 0 aliphatic rings. The highest BCUT2D eigenvalue weighted by molar-refractivity contribution is 7.99. The van der Waals surface area contributed by atoms with E-state index in [1.54, 1.807) is 0 Å². The van der Waals surface area contributed by atoms with E-state index in [2.05, 4.69) is 11.2 Å². The van der Waals surface area contributed by atoms with Gasteiger partial charge >= 0.3 is 0 Å². The second-order valence-corrected chi connectivity index (χ2v) is 4.95.